The molecule has 0 unspecified atom stereocenters. The van der Waals surface area contributed by atoms with Crippen LogP contribution in [0.25, 0.3) is 0 Å². The molecule has 0 heterocycles. The Balaban J connectivity index is -0.000000491. The van der Waals surface area contributed by atoms with Crippen molar-refractivity contribution in [3.8, 4) is 0 Å². The van der Waals surface area contributed by atoms with Crippen molar-refractivity contribution in [1.29, 1.82) is 0 Å². The van der Waals surface area contributed by atoms with Crippen LogP contribution in [0.15, 0.2) is 0 Å². The summed E-state index contributed by atoms with van der Waals surface area (Å²) in [6.07, 6.45) is 18.6. The van der Waals surface area contributed by atoms with E-state index in [0.29, 0.717) is 6.61 Å². The van der Waals surface area contributed by atoms with Gasteiger partial charge in [0.05, 0.1) is 26.2 Å². The normalized spacial score (nSPS) is 10.9. The van der Waals surface area contributed by atoms with E-state index in [1.807, 2.05) is 0 Å². The van der Waals surface area contributed by atoms with Gasteiger partial charge in [-0.25, -0.2) is 0 Å². The number of halogens is 1. The fourth-order valence-electron chi connectivity index (χ4n) is 3.54. The van der Waals surface area contributed by atoms with Crippen LogP contribution >= 0.6 is 0 Å². The summed E-state index contributed by atoms with van der Waals surface area (Å²) in [6, 6.07) is 0. The highest BCUT2D eigenvalue weighted by molar-refractivity contribution is 4.49. The lowest BCUT2D eigenvalue weighted by Gasteiger charge is -2.39. The molecular formula is C24H54BrNO. The van der Waals surface area contributed by atoms with Gasteiger partial charge in [-0.3, -0.25) is 0 Å². The van der Waals surface area contributed by atoms with Gasteiger partial charge in [0.2, 0.25) is 0 Å². The van der Waals surface area contributed by atoms with Gasteiger partial charge in [0.1, 0.15) is 0 Å². The average Bonchev–Trinajstić information content (AvgIpc) is 2.67. The number of aliphatic hydroxyl groups is 1. The van der Waals surface area contributed by atoms with E-state index >= 15 is 0 Å². The van der Waals surface area contributed by atoms with E-state index in [-0.39, 0.29) is 17.0 Å². The molecule has 0 radical (unpaired) electrons. The molecule has 0 aliphatic rings. The Morgan fingerprint density at radius 1 is 0.444 bits per heavy atom. The van der Waals surface area contributed by atoms with Crippen molar-refractivity contribution in [1.82, 2.24) is 0 Å². The molecular weight excluding hydrogens is 398 g/mol. The first-order valence-corrected chi connectivity index (χ1v) is 12.1. The van der Waals surface area contributed by atoms with Crippen LogP contribution in [0.3, 0.4) is 0 Å². The molecule has 3 heteroatoms. The second-order valence-corrected chi connectivity index (χ2v) is 8.14. The summed E-state index contributed by atoms with van der Waals surface area (Å²) in [7, 11) is 0. The predicted molar refractivity (Wildman–Crippen MR) is 120 cm³/mol. The molecule has 0 spiro atoms. The number of rotatable bonds is 18. The summed E-state index contributed by atoms with van der Waals surface area (Å²) in [6.45, 7) is 17.6. The highest BCUT2D eigenvalue weighted by Crippen LogP contribution is 2.16. The number of unbranched alkanes of at least 4 members (excludes halogenated alkanes) is 9. The third-order valence-corrected chi connectivity index (χ3v) is 5.46. The SMILES string of the molecule is CCCCCCCCO.CCCC[N+](CCCC)(CCCC)CCCC.[Br-]. The molecule has 0 aliphatic carbocycles. The minimum atomic E-state index is 0. The monoisotopic (exact) mass is 451 g/mol. The van der Waals surface area contributed by atoms with Crippen LogP contribution in [0.2, 0.25) is 0 Å². The molecule has 0 rings (SSSR count). The van der Waals surface area contributed by atoms with Gasteiger partial charge in [-0.1, -0.05) is 92.4 Å². The van der Waals surface area contributed by atoms with Crippen molar-refractivity contribution in [3.63, 3.8) is 0 Å². The zero-order valence-corrected chi connectivity index (χ0v) is 21.3. The third-order valence-electron chi connectivity index (χ3n) is 5.46. The lowest BCUT2D eigenvalue weighted by atomic mass is 10.1. The maximum Gasteiger partial charge on any atom is 0.0786 e. The van der Waals surface area contributed by atoms with Gasteiger partial charge in [-0.05, 0) is 32.1 Å². The number of aliphatic hydroxyl groups excluding tert-OH is 1. The number of hydrogen-bond donors (Lipinski definition) is 1. The molecule has 0 saturated heterocycles. The standard InChI is InChI=1S/C16H36N.C8H18O.BrH/c1-5-9-13-17(14-10-6-2,15-11-7-3)16-12-8-4;1-2-3-4-5-6-7-8-9;/h5-16H2,1-4H3;9H,2-8H2,1H3;1H/q+1;;/p-1. The maximum absolute atomic E-state index is 8.42. The van der Waals surface area contributed by atoms with Crippen molar-refractivity contribution in [2.75, 3.05) is 32.8 Å². The summed E-state index contributed by atoms with van der Waals surface area (Å²) >= 11 is 0. The third kappa shape index (κ3) is 22.6. The van der Waals surface area contributed by atoms with Gasteiger partial charge in [-0.15, -0.1) is 0 Å². The molecule has 0 aromatic carbocycles. The Morgan fingerprint density at radius 3 is 1.04 bits per heavy atom. The highest BCUT2D eigenvalue weighted by atomic mass is 79.9. The fraction of sp³-hybridized carbons (Fsp3) is 1.00. The van der Waals surface area contributed by atoms with E-state index in [9.17, 15) is 0 Å². The molecule has 0 bridgehead atoms. The van der Waals surface area contributed by atoms with Crippen LogP contribution in [0.4, 0.5) is 0 Å². The lowest BCUT2D eigenvalue weighted by molar-refractivity contribution is -0.929. The van der Waals surface area contributed by atoms with Crippen LogP contribution in [0.1, 0.15) is 125 Å². The van der Waals surface area contributed by atoms with E-state index < -0.39 is 0 Å². The highest BCUT2D eigenvalue weighted by Gasteiger charge is 2.24. The minimum absolute atomic E-state index is 0. The summed E-state index contributed by atoms with van der Waals surface area (Å²) in [5, 5.41) is 8.42. The van der Waals surface area contributed by atoms with E-state index in [1.165, 1.54) is 114 Å². The van der Waals surface area contributed by atoms with Crippen molar-refractivity contribution in [2.24, 2.45) is 0 Å². The molecule has 0 aromatic rings. The second kappa shape index (κ2) is 26.4. The zero-order chi connectivity index (χ0) is 19.9. The van der Waals surface area contributed by atoms with Gasteiger partial charge < -0.3 is 26.6 Å². The van der Waals surface area contributed by atoms with Crippen molar-refractivity contribution >= 4 is 0 Å². The molecule has 0 aromatic heterocycles. The molecule has 1 N–H and O–H groups in total. The number of hydrogen-bond acceptors (Lipinski definition) is 1. The largest absolute Gasteiger partial charge is 1.00 e. The van der Waals surface area contributed by atoms with Crippen molar-refractivity contribution in [2.45, 2.75) is 125 Å². The molecule has 0 atom stereocenters. The molecule has 0 saturated carbocycles. The molecule has 168 valence electrons. The maximum atomic E-state index is 8.42. The molecule has 2 nitrogen and oxygen atoms in total. The number of nitrogens with zero attached hydrogens (tertiary/aromatic N) is 1. The zero-order valence-electron chi connectivity index (χ0n) is 19.7. The minimum Gasteiger partial charge on any atom is -1.00 e. The fourth-order valence-corrected chi connectivity index (χ4v) is 3.54. The first-order chi connectivity index (χ1) is 12.7. The summed E-state index contributed by atoms with van der Waals surface area (Å²) < 4.78 is 1.42. The topological polar surface area (TPSA) is 20.2 Å². The van der Waals surface area contributed by atoms with E-state index in [0.717, 1.165) is 6.42 Å². The van der Waals surface area contributed by atoms with E-state index in [1.54, 1.807) is 0 Å². The Labute approximate surface area is 183 Å². The Kier molecular flexibility index (Phi) is 31.4. The first kappa shape index (κ1) is 32.1. The first-order valence-electron chi connectivity index (χ1n) is 12.1. The van der Waals surface area contributed by atoms with Crippen LogP contribution in [-0.4, -0.2) is 42.4 Å². The number of quaternary nitrogens is 1. The Hall–Kier alpha value is 0.400. The van der Waals surface area contributed by atoms with Gasteiger partial charge in [0, 0.05) is 6.61 Å². The van der Waals surface area contributed by atoms with Crippen LogP contribution in [-0.2, 0) is 0 Å². The lowest BCUT2D eigenvalue weighted by Crippen LogP contribution is -3.00. The van der Waals surface area contributed by atoms with Crippen molar-refractivity contribution in [3.05, 3.63) is 0 Å². The van der Waals surface area contributed by atoms with Gasteiger partial charge >= 0.3 is 0 Å². The molecule has 27 heavy (non-hydrogen) atoms. The molecule has 0 amide bonds. The van der Waals surface area contributed by atoms with Crippen LogP contribution < -0.4 is 17.0 Å². The summed E-state index contributed by atoms with van der Waals surface area (Å²) in [5.41, 5.74) is 0. The van der Waals surface area contributed by atoms with Gasteiger partial charge in [-0.2, -0.15) is 0 Å². The summed E-state index contributed by atoms with van der Waals surface area (Å²) in [5.74, 6) is 0. The van der Waals surface area contributed by atoms with Crippen molar-refractivity contribution < 1.29 is 26.6 Å². The second-order valence-electron chi connectivity index (χ2n) is 8.14. The smallest absolute Gasteiger partial charge is 0.0786 e. The van der Waals surface area contributed by atoms with Crippen LogP contribution in [0.5, 0.6) is 0 Å². The van der Waals surface area contributed by atoms with E-state index in [4.69, 9.17) is 5.11 Å². The Bertz CT molecular complexity index is 205. The summed E-state index contributed by atoms with van der Waals surface area (Å²) in [4.78, 5) is 0. The molecule has 0 fully saturated rings. The van der Waals surface area contributed by atoms with Gasteiger partial charge in [0.15, 0.2) is 0 Å². The van der Waals surface area contributed by atoms with E-state index in [2.05, 4.69) is 34.6 Å². The quantitative estimate of drug-likeness (QED) is 0.242. The average molecular weight is 453 g/mol. The molecule has 0 aliphatic heterocycles. The Morgan fingerprint density at radius 2 is 0.741 bits per heavy atom. The predicted octanol–water partition coefficient (Wildman–Crippen LogP) is 4.35. The van der Waals surface area contributed by atoms with Gasteiger partial charge in [0.25, 0.3) is 0 Å². The van der Waals surface area contributed by atoms with Crippen LogP contribution in [0, 0.1) is 0 Å².